The monoisotopic (exact) mass is 235 g/mol. The van der Waals surface area contributed by atoms with Gasteiger partial charge in [0.2, 0.25) is 0 Å². The molecular weight excluding hydrogens is 210 g/mol. The number of hydrogen-bond acceptors (Lipinski definition) is 4. The van der Waals surface area contributed by atoms with Gasteiger partial charge in [-0.05, 0) is 6.42 Å². The average Bonchev–Trinajstić information content (AvgIpc) is 2.14. The first-order valence-corrected chi connectivity index (χ1v) is 6.21. The van der Waals surface area contributed by atoms with E-state index < -0.39 is 0 Å². The second kappa shape index (κ2) is 10.7. The predicted molar refractivity (Wildman–Crippen MR) is 67.8 cm³/mol. The lowest BCUT2D eigenvalue weighted by atomic mass is 10.3. The molecule has 0 aromatic rings. The maximum atomic E-state index is 5.38. The van der Waals surface area contributed by atoms with Gasteiger partial charge in [-0.25, -0.2) is 0 Å². The molecule has 0 saturated heterocycles. The molecule has 1 atom stereocenters. The fourth-order valence-electron chi connectivity index (χ4n) is 0.996. The van der Waals surface area contributed by atoms with E-state index in [-0.39, 0.29) is 0 Å². The topological polar surface area (TPSA) is 30.5 Å². The van der Waals surface area contributed by atoms with Crippen LogP contribution in [0.5, 0.6) is 0 Å². The molecule has 0 saturated carbocycles. The van der Waals surface area contributed by atoms with Gasteiger partial charge in [-0.3, -0.25) is 0 Å². The minimum absolute atomic E-state index is 0.418. The van der Waals surface area contributed by atoms with Gasteiger partial charge in [0.25, 0.3) is 0 Å². The zero-order valence-electron chi connectivity index (χ0n) is 10.2. The Balaban J connectivity index is 2.93. The Labute approximate surface area is 99.3 Å². The van der Waals surface area contributed by atoms with E-state index in [1.165, 1.54) is 0 Å². The summed E-state index contributed by atoms with van der Waals surface area (Å²) in [6, 6.07) is 0.529. The average molecular weight is 235 g/mol. The maximum Gasteiger partial charge on any atom is 0.0701 e. The largest absolute Gasteiger partial charge is 0.379 e. The summed E-state index contributed by atoms with van der Waals surface area (Å²) in [6.45, 7) is 10.1. The molecule has 1 N–H and O–H groups in total. The Hall–Kier alpha value is 0.230. The summed E-state index contributed by atoms with van der Waals surface area (Å²) in [5.74, 6) is 0. The minimum Gasteiger partial charge on any atom is -0.379 e. The van der Waals surface area contributed by atoms with Gasteiger partial charge < -0.3 is 14.8 Å². The lowest BCUT2D eigenvalue weighted by Gasteiger charge is -2.09. The summed E-state index contributed by atoms with van der Waals surface area (Å²) < 4.78 is 10.8. The molecule has 1 unspecified atom stereocenters. The Morgan fingerprint density at radius 2 is 1.60 bits per heavy atom. The maximum absolute atomic E-state index is 5.38. The van der Waals surface area contributed by atoms with E-state index in [0.29, 0.717) is 24.5 Å². The van der Waals surface area contributed by atoms with Crippen LogP contribution in [0, 0.1) is 0 Å². The third-order valence-electron chi connectivity index (χ3n) is 1.85. The summed E-state index contributed by atoms with van der Waals surface area (Å²) >= 11 is 4.27. The zero-order chi connectivity index (χ0) is 11.5. The lowest BCUT2D eigenvalue weighted by Crippen LogP contribution is -2.27. The second-order valence-electron chi connectivity index (χ2n) is 3.97. The van der Waals surface area contributed by atoms with Crippen molar-refractivity contribution in [2.75, 3.05) is 33.0 Å². The quantitative estimate of drug-likeness (QED) is 0.446. The molecule has 3 nitrogen and oxygen atoms in total. The van der Waals surface area contributed by atoms with E-state index in [0.717, 1.165) is 26.2 Å². The zero-order valence-corrected chi connectivity index (χ0v) is 11.1. The highest BCUT2D eigenvalue weighted by Crippen LogP contribution is 1.98. The highest BCUT2D eigenvalue weighted by molar-refractivity contribution is 7.80. The smallest absolute Gasteiger partial charge is 0.0701 e. The first-order chi connectivity index (χ1) is 7.13. The lowest BCUT2D eigenvalue weighted by molar-refractivity contribution is 0.0478. The summed E-state index contributed by atoms with van der Waals surface area (Å²) in [4.78, 5) is 0. The van der Waals surface area contributed by atoms with Gasteiger partial charge in [-0.1, -0.05) is 20.8 Å². The normalized spacial score (nSPS) is 13.4. The van der Waals surface area contributed by atoms with E-state index >= 15 is 0 Å². The van der Waals surface area contributed by atoms with Crippen molar-refractivity contribution in [2.45, 2.75) is 38.5 Å². The van der Waals surface area contributed by atoms with Gasteiger partial charge in [0, 0.05) is 24.4 Å². The van der Waals surface area contributed by atoms with Crippen LogP contribution in [0.25, 0.3) is 0 Å². The molecule has 0 amide bonds. The van der Waals surface area contributed by atoms with Crippen LogP contribution in [0.15, 0.2) is 0 Å². The molecule has 92 valence electrons. The number of nitrogens with one attached hydrogen (secondary N) is 1. The summed E-state index contributed by atoms with van der Waals surface area (Å²) in [6.07, 6.45) is 0.998. The third kappa shape index (κ3) is 14.2. The number of ether oxygens (including phenoxy) is 2. The summed E-state index contributed by atoms with van der Waals surface area (Å²) in [7, 11) is 0. The van der Waals surface area contributed by atoms with E-state index in [4.69, 9.17) is 9.47 Å². The Morgan fingerprint density at radius 1 is 1.00 bits per heavy atom. The van der Waals surface area contributed by atoms with E-state index in [9.17, 15) is 0 Å². The molecule has 0 fully saturated rings. The van der Waals surface area contributed by atoms with Crippen LogP contribution in [-0.2, 0) is 9.47 Å². The molecule has 0 rings (SSSR count). The van der Waals surface area contributed by atoms with Crippen molar-refractivity contribution in [3.05, 3.63) is 0 Å². The van der Waals surface area contributed by atoms with Crippen molar-refractivity contribution in [3.8, 4) is 0 Å². The van der Waals surface area contributed by atoms with E-state index in [1.807, 2.05) is 0 Å². The SMILES string of the molecule is CC(S)CCOCCOCCNC(C)C. The minimum atomic E-state index is 0.418. The van der Waals surface area contributed by atoms with Crippen molar-refractivity contribution >= 4 is 12.6 Å². The third-order valence-corrected chi connectivity index (χ3v) is 2.11. The summed E-state index contributed by atoms with van der Waals surface area (Å²) in [5.41, 5.74) is 0. The molecular formula is C11H25NO2S. The Morgan fingerprint density at radius 3 is 2.13 bits per heavy atom. The van der Waals surface area contributed by atoms with Crippen LogP contribution in [0.3, 0.4) is 0 Å². The molecule has 0 bridgehead atoms. The standard InChI is InChI=1S/C11H25NO2S/c1-10(2)12-5-7-14-9-8-13-6-4-11(3)15/h10-12,15H,4-9H2,1-3H3. The second-order valence-corrected chi connectivity index (χ2v) is 4.85. The molecule has 0 aromatic heterocycles. The Bertz CT molecular complexity index is 118. The fraction of sp³-hybridized carbons (Fsp3) is 1.00. The van der Waals surface area contributed by atoms with E-state index in [2.05, 4.69) is 38.7 Å². The van der Waals surface area contributed by atoms with Gasteiger partial charge in [-0.15, -0.1) is 0 Å². The van der Waals surface area contributed by atoms with Crippen LogP contribution in [-0.4, -0.2) is 44.3 Å². The van der Waals surface area contributed by atoms with Crippen LogP contribution in [0.4, 0.5) is 0 Å². The molecule has 0 aromatic carbocycles. The predicted octanol–water partition coefficient (Wildman–Crippen LogP) is 1.73. The van der Waals surface area contributed by atoms with Crippen LogP contribution < -0.4 is 5.32 Å². The molecule has 0 radical (unpaired) electrons. The highest BCUT2D eigenvalue weighted by Gasteiger charge is 1.95. The summed E-state index contributed by atoms with van der Waals surface area (Å²) in [5, 5.41) is 3.70. The van der Waals surface area contributed by atoms with Gasteiger partial charge >= 0.3 is 0 Å². The highest BCUT2D eigenvalue weighted by atomic mass is 32.1. The van der Waals surface area contributed by atoms with Crippen LogP contribution in [0.1, 0.15) is 27.2 Å². The molecule has 0 spiro atoms. The van der Waals surface area contributed by atoms with Gasteiger partial charge in [0.1, 0.15) is 0 Å². The number of thiol groups is 1. The van der Waals surface area contributed by atoms with Crippen molar-refractivity contribution in [1.29, 1.82) is 0 Å². The molecule has 0 heterocycles. The van der Waals surface area contributed by atoms with Gasteiger partial charge in [0.15, 0.2) is 0 Å². The van der Waals surface area contributed by atoms with Crippen molar-refractivity contribution < 1.29 is 9.47 Å². The van der Waals surface area contributed by atoms with Crippen LogP contribution in [0.2, 0.25) is 0 Å². The van der Waals surface area contributed by atoms with Crippen molar-refractivity contribution in [1.82, 2.24) is 5.32 Å². The van der Waals surface area contributed by atoms with Gasteiger partial charge in [-0.2, -0.15) is 12.6 Å². The molecule has 4 heteroatoms. The number of hydrogen-bond donors (Lipinski definition) is 2. The first kappa shape index (κ1) is 15.2. The van der Waals surface area contributed by atoms with Crippen molar-refractivity contribution in [2.24, 2.45) is 0 Å². The van der Waals surface area contributed by atoms with Crippen LogP contribution >= 0.6 is 12.6 Å². The number of rotatable bonds is 10. The van der Waals surface area contributed by atoms with Crippen molar-refractivity contribution in [3.63, 3.8) is 0 Å². The fourth-order valence-corrected chi connectivity index (χ4v) is 1.10. The molecule has 0 aliphatic heterocycles. The Kier molecular flexibility index (Phi) is 10.9. The molecule has 15 heavy (non-hydrogen) atoms. The molecule has 0 aliphatic rings. The van der Waals surface area contributed by atoms with E-state index in [1.54, 1.807) is 0 Å². The molecule has 0 aliphatic carbocycles. The van der Waals surface area contributed by atoms with Gasteiger partial charge in [0.05, 0.1) is 19.8 Å². The first-order valence-electron chi connectivity index (χ1n) is 5.70.